The highest BCUT2D eigenvalue weighted by atomic mass is 35.5. The van der Waals surface area contributed by atoms with Gasteiger partial charge >= 0.3 is 6.18 Å². The first-order valence-corrected chi connectivity index (χ1v) is 11.9. The average molecular weight is 530 g/mol. The first-order valence-electron chi connectivity index (χ1n) is 11.5. The Labute approximate surface area is 216 Å². The Hall–Kier alpha value is -3.85. The molecule has 0 spiro atoms. The number of benzene rings is 3. The molecule has 1 fully saturated rings. The van der Waals surface area contributed by atoms with Crippen LogP contribution in [0.4, 0.5) is 18.9 Å². The van der Waals surface area contributed by atoms with Gasteiger partial charge in [-0.2, -0.15) is 13.2 Å². The molecule has 1 N–H and O–H groups in total. The summed E-state index contributed by atoms with van der Waals surface area (Å²) in [7, 11) is 0. The summed E-state index contributed by atoms with van der Waals surface area (Å²) in [4.78, 5) is 40.5. The Morgan fingerprint density at radius 2 is 1.41 bits per heavy atom. The van der Waals surface area contributed by atoms with Crippen LogP contribution in [-0.4, -0.2) is 53.7 Å². The average Bonchev–Trinajstić information content (AvgIpc) is 2.88. The summed E-state index contributed by atoms with van der Waals surface area (Å²) in [5.41, 5.74) is 0.988. The number of halogens is 4. The van der Waals surface area contributed by atoms with Crippen LogP contribution >= 0.6 is 11.6 Å². The minimum absolute atomic E-state index is 0.0193. The van der Waals surface area contributed by atoms with Crippen molar-refractivity contribution in [3.05, 3.63) is 88.9 Å². The lowest BCUT2D eigenvalue weighted by Crippen LogP contribution is -2.51. The smallest absolute Gasteiger partial charge is 0.339 e. The Bertz CT molecular complexity index is 1290. The van der Waals surface area contributed by atoms with Crippen molar-refractivity contribution in [1.29, 1.82) is 0 Å². The quantitative estimate of drug-likeness (QED) is 0.454. The largest absolute Gasteiger partial charge is 0.417 e. The Morgan fingerprint density at radius 1 is 0.811 bits per heavy atom. The highest BCUT2D eigenvalue weighted by Crippen LogP contribution is 2.34. The van der Waals surface area contributed by atoms with Crippen molar-refractivity contribution in [1.82, 2.24) is 9.80 Å². The van der Waals surface area contributed by atoms with E-state index >= 15 is 0 Å². The van der Waals surface area contributed by atoms with E-state index in [1.54, 1.807) is 12.1 Å². The van der Waals surface area contributed by atoms with E-state index in [1.807, 2.05) is 42.5 Å². The lowest BCUT2D eigenvalue weighted by Gasteiger charge is -2.35. The molecule has 0 unspecified atom stereocenters. The zero-order chi connectivity index (χ0) is 26.6. The fourth-order valence-corrected chi connectivity index (χ4v) is 4.27. The predicted molar refractivity (Wildman–Crippen MR) is 134 cm³/mol. The molecule has 3 aromatic rings. The molecule has 3 amide bonds. The SMILES string of the molecule is O=C(CC(=O)N1CCN(C(=O)c2cc(Cl)ccc2C(F)(F)F)CC1)Nc1ccc(-c2ccccc2)cc1. The van der Waals surface area contributed by atoms with Gasteiger partial charge in [0.15, 0.2) is 0 Å². The molecule has 0 radical (unpaired) electrons. The Balaban J connectivity index is 1.30. The van der Waals surface area contributed by atoms with Gasteiger partial charge in [-0.1, -0.05) is 54.1 Å². The van der Waals surface area contributed by atoms with E-state index in [0.717, 1.165) is 29.3 Å². The van der Waals surface area contributed by atoms with E-state index in [-0.39, 0.29) is 37.6 Å². The molecule has 0 atom stereocenters. The van der Waals surface area contributed by atoms with Gasteiger partial charge in [0.25, 0.3) is 5.91 Å². The standard InChI is InChI=1S/C27H23ClF3N3O3/c28-20-8-11-23(27(29,30)31)22(16-20)26(37)34-14-12-33(13-15-34)25(36)17-24(35)32-21-9-6-19(7-10-21)18-4-2-1-3-5-18/h1-11,16H,12-15,17H2,(H,32,35). The van der Waals surface area contributed by atoms with Gasteiger partial charge in [0, 0.05) is 36.9 Å². The third-order valence-electron chi connectivity index (χ3n) is 6.02. The predicted octanol–water partition coefficient (Wildman–Crippen LogP) is 5.34. The van der Waals surface area contributed by atoms with Crippen molar-refractivity contribution in [2.24, 2.45) is 0 Å². The summed E-state index contributed by atoms with van der Waals surface area (Å²) in [5, 5.41) is 2.71. The van der Waals surface area contributed by atoms with Crippen molar-refractivity contribution in [3.63, 3.8) is 0 Å². The van der Waals surface area contributed by atoms with Crippen molar-refractivity contribution < 1.29 is 27.6 Å². The molecule has 6 nitrogen and oxygen atoms in total. The van der Waals surface area contributed by atoms with Gasteiger partial charge in [-0.3, -0.25) is 14.4 Å². The third kappa shape index (κ3) is 6.48. The van der Waals surface area contributed by atoms with Crippen LogP contribution in [0.1, 0.15) is 22.3 Å². The molecule has 1 saturated heterocycles. The van der Waals surface area contributed by atoms with Gasteiger partial charge in [0.2, 0.25) is 11.8 Å². The first-order chi connectivity index (χ1) is 17.6. The minimum Gasteiger partial charge on any atom is -0.339 e. The van der Waals surface area contributed by atoms with Crippen LogP contribution in [0.3, 0.4) is 0 Å². The van der Waals surface area contributed by atoms with Crippen LogP contribution in [0.25, 0.3) is 11.1 Å². The van der Waals surface area contributed by atoms with Crippen molar-refractivity contribution in [2.45, 2.75) is 12.6 Å². The van der Waals surface area contributed by atoms with Crippen LogP contribution in [0, 0.1) is 0 Å². The minimum atomic E-state index is -4.71. The normalized spacial score (nSPS) is 13.8. The summed E-state index contributed by atoms with van der Waals surface area (Å²) in [5.74, 6) is -1.72. The highest BCUT2D eigenvalue weighted by Gasteiger charge is 2.37. The van der Waals surface area contributed by atoms with Crippen LogP contribution < -0.4 is 5.32 Å². The van der Waals surface area contributed by atoms with Crippen LogP contribution in [0.15, 0.2) is 72.8 Å². The molecule has 0 saturated carbocycles. The van der Waals surface area contributed by atoms with E-state index in [1.165, 1.54) is 9.80 Å². The second-order valence-electron chi connectivity index (χ2n) is 8.53. The molecule has 37 heavy (non-hydrogen) atoms. The molecular formula is C27H23ClF3N3O3. The molecule has 0 aromatic heterocycles. The molecule has 1 aliphatic rings. The summed E-state index contributed by atoms with van der Waals surface area (Å²) >= 11 is 5.83. The lowest BCUT2D eigenvalue weighted by molar-refractivity contribution is -0.138. The van der Waals surface area contributed by atoms with Crippen molar-refractivity contribution in [2.75, 3.05) is 31.5 Å². The second-order valence-corrected chi connectivity index (χ2v) is 8.97. The molecular weight excluding hydrogens is 507 g/mol. The highest BCUT2D eigenvalue weighted by molar-refractivity contribution is 6.31. The number of carbonyl (C=O) groups is 3. The number of carbonyl (C=O) groups excluding carboxylic acids is 3. The molecule has 0 bridgehead atoms. The fourth-order valence-electron chi connectivity index (χ4n) is 4.10. The van der Waals surface area contributed by atoms with E-state index < -0.39 is 35.0 Å². The second kappa shape index (κ2) is 11.0. The van der Waals surface area contributed by atoms with E-state index in [0.29, 0.717) is 5.69 Å². The maximum Gasteiger partial charge on any atom is 0.417 e. The zero-order valence-corrected chi connectivity index (χ0v) is 20.4. The van der Waals surface area contributed by atoms with Crippen LogP contribution in [0.5, 0.6) is 0 Å². The molecule has 192 valence electrons. The number of hydrogen-bond donors (Lipinski definition) is 1. The van der Waals surface area contributed by atoms with Gasteiger partial charge in [-0.05, 0) is 41.5 Å². The topological polar surface area (TPSA) is 69.7 Å². The molecule has 10 heteroatoms. The maximum absolute atomic E-state index is 13.3. The van der Waals surface area contributed by atoms with Gasteiger partial charge in [0.1, 0.15) is 6.42 Å². The number of amides is 3. The van der Waals surface area contributed by atoms with Crippen LogP contribution in [-0.2, 0) is 15.8 Å². The Kier molecular flexibility index (Phi) is 7.83. The number of hydrogen-bond acceptors (Lipinski definition) is 3. The van der Waals surface area contributed by atoms with Crippen LogP contribution in [0.2, 0.25) is 5.02 Å². The number of rotatable bonds is 5. The van der Waals surface area contributed by atoms with Gasteiger partial charge in [-0.25, -0.2) is 0 Å². The Morgan fingerprint density at radius 3 is 2.03 bits per heavy atom. The zero-order valence-electron chi connectivity index (χ0n) is 19.6. The summed E-state index contributed by atoms with van der Waals surface area (Å²) in [6.45, 7) is 0.283. The van der Waals surface area contributed by atoms with Gasteiger partial charge < -0.3 is 15.1 Å². The summed E-state index contributed by atoms with van der Waals surface area (Å²) in [6.07, 6.45) is -5.09. The number of piperazine rings is 1. The van der Waals surface area contributed by atoms with E-state index in [2.05, 4.69) is 5.32 Å². The first kappa shape index (κ1) is 26.2. The number of anilines is 1. The van der Waals surface area contributed by atoms with E-state index in [9.17, 15) is 27.6 Å². The maximum atomic E-state index is 13.3. The molecule has 1 heterocycles. The number of alkyl halides is 3. The van der Waals surface area contributed by atoms with E-state index in [4.69, 9.17) is 11.6 Å². The number of nitrogens with one attached hydrogen (secondary N) is 1. The molecule has 3 aromatic carbocycles. The van der Waals surface area contributed by atoms with Gasteiger partial charge in [-0.15, -0.1) is 0 Å². The summed E-state index contributed by atoms with van der Waals surface area (Å²) < 4.78 is 40.0. The summed E-state index contributed by atoms with van der Waals surface area (Å²) in [6, 6.07) is 19.8. The van der Waals surface area contributed by atoms with Gasteiger partial charge in [0.05, 0.1) is 11.1 Å². The molecule has 0 aliphatic carbocycles. The number of nitrogens with zero attached hydrogens (tertiary/aromatic N) is 2. The monoisotopic (exact) mass is 529 g/mol. The molecule has 1 aliphatic heterocycles. The van der Waals surface area contributed by atoms with Crippen molar-refractivity contribution in [3.8, 4) is 11.1 Å². The van der Waals surface area contributed by atoms with Crippen molar-refractivity contribution >= 4 is 35.0 Å². The molecule has 4 rings (SSSR count). The fraction of sp³-hybridized carbons (Fsp3) is 0.222. The lowest BCUT2D eigenvalue weighted by atomic mass is 10.1. The third-order valence-corrected chi connectivity index (χ3v) is 6.26.